The Morgan fingerprint density at radius 3 is 2.60 bits per heavy atom. The van der Waals surface area contributed by atoms with E-state index in [1.807, 2.05) is 28.5 Å². The van der Waals surface area contributed by atoms with Crippen LogP contribution in [0.1, 0.15) is 19.2 Å². The maximum Gasteiger partial charge on any atom is 0.257 e. The summed E-state index contributed by atoms with van der Waals surface area (Å²) in [6.07, 6.45) is 0.959. The van der Waals surface area contributed by atoms with Gasteiger partial charge in [-0.1, -0.05) is 31.2 Å². The zero-order valence-corrected chi connectivity index (χ0v) is 18.1. The predicted octanol–water partition coefficient (Wildman–Crippen LogP) is 3.36. The zero-order chi connectivity index (χ0) is 20.8. The van der Waals surface area contributed by atoms with Crippen molar-refractivity contribution in [3.05, 3.63) is 53.7 Å². The Kier molecular flexibility index (Phi) is 6.76. The molecule has 0 bridgehead atoms. The van der Waals surface area contributed by atoms with Crippen LogP contribution in [0.3, 0.4) is 0 Å². The lowest BCUT2D eigenvalue weighted by atomic mass is 10.2. The van der Waals surface area contributed by atoms with Crippen molar-refractivity contribution in [2.45, 2.75) is 19.9 Å². The molecule has 30 heavy (non-hydrogen) atoms. The van der Waals surface area contributed by atoms with Gasteiger partial charge in [0.1, 0.15) is 0 Å². The largest absolute Gasteiger partial charge is 0.419 e. The normalized spacial score (nSPS) is 14.5. The molecule has 1 aliphatic heterocycles. The Morgan fingerprint density at radius 1 is 1.10 bits per heavy atom. The molecule has 0 atom stereocenters. The van der Waals surface area contributed by atoms with Gasteiger partial charge in [-0.05, 0) is 36.5 Å². The van der Waals surface area contributed by atoms with E-state index < -0.39 is 0 Å². The van der Waals surface area contributed by atoms with Crippen molar-refractivity contribution in [3.63, 3.8) is 0 Å². The highest BCUT2D eigenvalue weighted by Gasteiger charge is 2.23. The summed E-state index contributed by atoms with van der Waals surface area (Å²) in [6, 6.07) is 14.3. The quantitative estimate of drug-likeness (QED) is 0.551. The highest BCUT2D eigenvalue weighted by atomic mass is 32.1. The second-order valence-electron chi connectivity index (χ2n) is 7.39. The number of para-hydroxylation sites is 1. The number of hydrogen-bond donors (Lipinski definition) is 0. The fraction of sp³-hybridized carbons (Fsp3) is 0.409. The molecule has 1 amide bonds. The summed E-state index contributed by atoms with van der Waals surface area (Å²) in [5, 5.41) is 10.3. The van der Waals surface area contributed by atoms with Crippen molar-refractivity contribution in [1.29, 1.82) is 0 Å². The van der Waals surface area contributed by atoms with Gasteiger partial charge in [-0.3, -0.25) is 9.69 Å². The second kappa shape index (κ2) is 9.86. The fourth-order valence-corrected chi connectivity index (χ4v) is 4.33. The van der Waals surface area contributed by atoms with Gasteiger partial charge in [0, 0.05) is 31.9 Å². The first kappa shape index (κ1) is 20.6. The molecular weight excluding hydrogens is 398 g/mol. The number of carbonyl (C=O) groups is 1. The van der Waals surface area contributed by atoms with Crippen LogP contribution in [0.25, 0.3) is 10.8 Å². The lowest BCUT2D eigenvalue weighted by molar-refractivity contribution is -0.132. The minimum Gasteiger partial charge on any atom is -0.419 e. The van der Waals surface area contributed by atoms with E-state index in [9.17, 15) is 4.79 Å². The number of hydrogen-bond acceptors (Lipinski definition) is 7. The predicted molar refractivity (Wildman–Crippen MR) is 118 cm³/mol. The molecule has 0 unspecified atom stereocenters. The molecule has 158 valence electrons. The third kappa shape index (κ3) is 5.06. The summed E-state index contributed by atoms with van der Waals surface area (Å²) in [4.78, 5) is 20.3. The lowest BCUT2D eigenvalue weighted by Crippen LogP contribution is -2.51. The van der Waals surface area contributed by atoms with Crippen molar-refractivity contribution in [3.8, 4) is 10.8 Å². The van der Waals surface area contributed by atoms with Crippen LogP contribution in [0.2, 0.25) is 0 Å². The van der Waals surface area contributed by atoms with Crippen molar-refractivity contribution < 1.29 is 9.21 Å². The van der Waals surface area contributed by atoms with Crippen LogP contribution < -0.4 is 4.90 Å². The molecule has 8 heteroatoms. The Morgan fingerprint density at radius 2 is 1.90 bits per heavy atom. The van der Waals surface area contributed by atoms with Gasteiger partial charge < -0.3 is 14.2 Å². The monoisotopic (exact) mass is 425 g/mol. The van der Waals surface area contributed by atoms with E-state index >= 15 is 0 Å². The first-order valence-electron chi connectivity index (χ1n) is 10.4. The van der Waals surface area contributed by atoms with Crippen LogP contribution >= 0.6 is 11.3 Å². The Hall–Kier alpha value is -2.71. The molecule has 1 fully saturated rings. The maximum absolute atomic E-state index is 12.9. The van der Waals surface area contributed by atoms with E-state index in [1.165, 1.54) is 5.69 Å². The van der Waals surface area contributed by atoms with Crippen molar-refractivity contribution >= 4 is 22.9 Å². The van der Waals surface area contributed by atoms with Gasteiger partial charge in [0.25, 0.3) is 5.89 Å². The molecule has 3 aromatic rings. The molecular formula is C22H27N5O2S. The minimum absolute atomic E-state index is 0.161. The van der Waals surface area contributed by atoms with E-state index in [4.69, 9.17) is 4.42 Å². The van der Waals surface area contributed by atoms with Gasteiger partial charge in [0.15, 0.2) is 0 Å². The van der Waals surface area contributed by atoms with Crippen LogP contribution in [0, 0.1) is 0 Å². The highest BCUT2D eigenvalue weighted by Crippen LogP contribution is 2.23. The highest BCUT2D eigenvalue weighted by molar-refractivity contribution is 7.13. The first-order valence-corrected chi connectivity index (χ1v) is 11.3. The van der Waals surface area contributed by atoms with Crippen LogP contribution in [0.5, 0.6) is 0 Å². The van der Waals surface area contributed by atoms with E-state index in [2.05, 4.69) is 51.2 Å². The SMILES string of the molecule is CCCN(CC(=O)N1CCN(c2ccccc2)CC1)Cc1nnc(-c2cccs2)o1. The minimum atomic E-state index is 0.161. The smallest absolute Gasteiger partial charge is 0.257 e. The third-order valence-electron chi connectivity index (χ3n) is 5.21. The summed E-state index contributed by atoms with van der Waals surface area (Å²) < 4.78 is 5.81. The van der Waals surface area contributed by atoms with Crippen molar-refractivity contribution in [1.82, 2.24) is 20.0 Å². The number of amides is 1. The third-order valence-corrected chi connectivity index (χ3v) is 6.07. The zero-order valence-electron chi connectivity index (χ0n) is 17.2. The van der Waals surface area contributed by atoms with E-state index in [1.54, 1.807) is 11.3 Å². The average molecular weight is 426 g/mol. The van der Waals surface area contributed by atoms with E-state index in [0.29, 0.717) is 24.9 Å². The Bertz CT molecular complexity index is 920. The van der Waals surface area contributed by atoms with E-state index in [0.717, 1.165) is 44.0 Å². The number of anilines is 1. The summed E-state index contributed by atoms with van der Waals surface area (Å²) in [7, 11) is 0. The number of carbonyl (C=O) groups excluding carboxylic acids is 1. The summed E-state index contributed by atoms with van der Waals surface area (Å²) in [5.41, 5.74) is 1.22. The van der Waals surface area contributed by atoms with Gasteiger partial charge in [-0.25, -0.2) is 0 Å². The molecule has 1 aromatic carbocycles. The molecule has 4 rings (SSSR count). The van der Waals surface area contributed by atoms with Crippen molar-refractivity contribution in [2.24, 2.45) is 0 Å². The van der Waals surface area contributed by atoms with Crippen LogP contribution in [0.15, 0.2) is 52.3 Å². The molecule has 1 aliphatic rings. The van der Waals surface area contributed by atoms with E-state index in [-0.39, 0.29) is 5.91 Å². The maximum atomic E-state index is 12.9. The lowest BCUT2D eigenvalue weighted by Gasteiger charge is -2.37. The van der Waals surface area contributed by atoms with Gasteiger partial charge in [0.05, 0.1) is 18.0 Å². The van der Waals surface area contributed by atoms with Gasteiger partial charge in [0.2, 0.25) is 11.8 Å². The second-order valence-corrected chi connectivity index (χ2v) is 8.34. The average Bonchev–Trinajstić information content (AvgIpc) is 3.47. The molecule has 0 radical (unpaired) electrons. The van der Waals surface area contributed by atoms with Gasteiger partial charge in [-0.15, -0.1) is 21.5 Å². The number of aromatic nitrogens is 2. The van der Waals surface area contributed by atoms with Crippen molar-refractivity contribution in [2.75, 3.05) is 44.2 Å². The topological polar surface area (TPSA) is 65.7 Å². The number of thiophene rings is 1. The molecule has 0 saturated carbocycles. The first-order chi connectivity index (χ1) is 14.7. The molecule has 0 aliphatic carbocycles. The summed E-state index contributed by atoms with van der Waals surface area (Å²) >= 11 is 1.57. The van der Waals surface area contributed by atoms with Gasteiger partial charge in [-0.2, -0.15) is 0 Å². The standard InChI is InChI=1S/C22H27N5O2S/c1-2-10-25(16-20-23-24-22(29-20)19-9-6-15-30-19)17-21(28)27-13-11-26(12-14-27)18-7-4-3-5-8-18/h3-9,15H,2,10-14,16-17H2,1H3. The number of rotatable bonds is 8. The molecule has 1 saturated heterocycles. The number of nitrogens with zero attached hydrogens (tertiary/aromatic N) is 5. The number of piperazine rings is 1. The van der Waals surface area contributed by atoms with Crippen LogP contribution in [0.4, 0.5) is 5.69 Å². The molecule has 0 N–H and O–H groups in total. The number of benzene rings is 1. The fourth-order valence-electron chi connectivity index (χ4n) is 3.68. The Labute approximate surface area is 180 Å². The van der Waals surface area contributed by atoms with Gasteiger partial charge >= 0.3 is 0 Å². The molecule has 7 nitrogen and oxygen atoms in total. The van der Waals surface area contributed by atoms with Crippen LogP contribution in [-0.2, 0) is 11.3 Å². The Balaban J connectivity index is 1.31. The summed E-state index contributed by atoms with van der Waals surface area (Å²) in [6.45, 7) is 6.99. The molecule has 2 aromatic heterocycles. The van der Waals surface area contributed by atoms with Crippen LogP contribution in [-0.4, -0.2) is 65.2 Å². The molecule has 3 heterocycles. The molecule has 0 spiro atoms. The summed E-state index contributed by atoms with van der Waals surface area (Å²) in [5.74, 6) is 1.25.